The number of hydrogen-bond acceptors (Lipinski definition) is 10. The van der Waals surface area contributed by atoms with Crippen molar-refractivity contribution in [2.24, 2.45) is 5.41 Å². The van der Waals surface area contributed by atoms with Gasteiger partial charge in [0.25, 0.3) is 10.1 Å². The average molecular weight is 482 g/mol. The highest BCUT2D eigenvalue weighted by molar-refractivity contribution is 7.86. The standard InChI is InChI=1S/C20H35NO10S/c1-15(22)21-10-7-13-32(26,27)30-14-20(2,3)17(23)18(24)28-11-12-29-19(25)31-16-8-5-4-6-9-16/h16-17,23H,4-14H2,1-3H3,(H,21,22)/t17-/m0/s1. The zero-order valence-corrected chi connectivity index (χ0v) is 19.8. The molecule has 0 spiro atoms. The van der Waals surface area contributed by atoms with Gasteiger partial charge in [0.2, 0.25) is 5.91 Å². The Bertz CT molecular complexity index is 716. The van der Waals surface area contributed by atoms with Crippen LogP contribution in [0.3, 0.4) is 0 Å². The van der Waals surface area contributed by atoms with E-state index >= 15 is 0 Å². The third-order valence-electron chi connectivity index (χ3n) is 4.88. The van der Waals surface area contributed by atoms with Crippen molar-refractivity contribution >= 4 is 28.1 Å². The minimum Gasteiger partial charge on any atom is -0.460 e. The molecule has 0 aromatic rings. The normalized spacial score (nSPS) is 16.1. The molecular weight excluding hydrogens is 446 g/mol. The van der Waals surface area contributed by atoms with E-state index in [1.165, 1.54) is 20.8 Å². The lowest BCUT2D eigenvalue weighted by molar-refractivity contribution is -0.162. The molecule has 0 unspecified atom stereocenters. The summed E-state index contributed by atoms with van der Waals surface area (Å²) in [5.74, 6) is -1.58. The maximum Gasteiger partial charge on any atom is 0.508 e. The van der Waals surface area contributed by atoms with Gasteiger partial charge in [-0.3, -0.25) is 8.98 Å². The zero-order valence-electron chi connectivity index (χ0n) is 19.0. The van der Waals surface area contributed by atoms with E-state index in [1.807, 2.05) is 0 Å². The molecule has 32 heavy (non-hydrogen) atoms. The van der Waals surface area contributed by atoms with Gasteiger partial charge in [-0.25, -0.2) is 9.59 Å². The second-order valence-electron chi connectivity index (χ2n) is 8.40. The largest absolute Gasteiger partial charge is 0.508 e. The quantitative estimate of drug-likeness (QED) is 0.223. The van der Waals surface area contributed by atoms with Crippen LogP contribution in [0.4, 0.5) is 4.79 Å². The van der Waals surface area contributed by atoms with E-state index in [1.54, 1.807) is 0 Å². The van der Waals surface area contributed by atoms with Gasteiger partial charge in [0.15, 0.2) is 6.10 Å². The zero-order chi connectivity index (χ0) is 24.2. The average Bonchev–Trinajstić information content (AvgIpc) is 2.73. The summed E-state index contributed by atoms with van der Waals surface area (Å²) in [6, 6.07) is 0. The van der Waals surface area contributed by atoms with Crippen molar-refractivity contribution in [2.75, 3.05) is 32.1 Å². The molecule has 1 atom stereocenters. The molecule has 1 aliphatic carbocycles. The van der Waals surface area contributed by atoms with Gasteiger partial charge in [0.05, 0.1) is 12.4 Å². The fourth-order valence-corrected chi connectivity index (χ4v) is 4.01. The van der Waals surface area contributed by atoms with Gasteiger partial charge in [-0.2, -0.15) is 8.42 Å². The van der Waals surface area contributed by atoms with Crippen LogP contribution in [0, 0.1) is 5.41 Å². The summed E-state index contributed by atoms with van der Waals surface area (Å²) < 4.78 is 43.7. The lowest BCUT2D eigenvalue weighted by Crippen LogP contribution is -2.42. The van der Waals surface area contributed by atoms with Crippen LogP contribution in [0.1, 0.15) is 59.3 Å². The topological polar surface area (TPSA) is 155 Å². The van der Waals surface area contributed by atoms with Crippen molar-refractivity contribution in [3.8, 4) is 0 Å². The van der Waals surface area contributed by atoms with Crippen LogP contribution < -0.4 is 5.32 Å². The van der Waals surface area contributed by atoms with Crippen molar-refractivity contribution in [3.05, 3.63) is 0 Å². The van der Waals surface area contributed by atoms with Gasteiger partial charge < -0.3 is 24.6 Å². The fourth-order valence-electron chi connectivity index (χ4n) is 2.91. The van der Waals surface area contributed by atoms with Gasteiger partial charge in [-0.1, -0.05) is 20.3 Å². The summed E-state index contributed by atoms with van der Waals surface area (Å²) in [7, 11) is -3.90. The SMILES string of the molecule is CC(=O)NCCCS(=O)(=O)OCC(C)(C)[C@@H](O)C(=O)OCCOC(=O)OC1CCCCC1. The second-order valence-corrected chi connectivity index (χ2v) is 10.2. The Balaban J connectivity index is 2.29. The number of ether oxygens (including phenoxy) is 3. The molecule has 0 aliphatic heterocycles. The molecule has 0 aromatic heterocycles. The number of hydrogen-bond donors (Lipinski definition) is 2. The predicted octanol–water partition coefficient (Wildman–Crippen LogP) is 1.28. The number of rotatable bonds is 13. The number of carbonyl (C=O) groups excluding carboxylic acids is 3. The Labute approximate surface area is 189 Å². The Morgan fingerprint density at radius 2 is 1.72 bits per heavy atom. The van der Waals surface area contributed by atoms with Gasteiger partial charge in [-0.15, -0.1) is 0 Å². The Morgan fingerprint density at radius 3 is 2.34 bits per heavy atom. The van der Waals surface area contributed by atoms with Crippen molar-refractivity contribution in [3.63, 3.8) is 0 Å². The highest BCUT2D eigenvalue weighted by Gasteiger charge is 2.36. The summed E-state index contributed by atoms with van der Waals surface area (Å²) in [5, 5.41) is 12.7. The first-order valence-corrected chi connectivity index (χ1v) is 12.3. The lowest BCUT2D eigenvalue weighted by Gasteiger charge is -2.28. The van der Waals surface area contributed by atoms with E-state index in [4.69, 9.17) is 18.4 Å². The highest BCUT2D eigenvalue weighted by atomic mass is 32.2. The van der Waals surface area contributed by atoms with Crippen LogP contribution in [-0.4, -0.2) is 75.9 Å². The van der Waals surface area contributed by atoms with Crippen LogP contribution in [0.15, 0.2) is 0 Å². The molecule has 1 aliphatic rings. The van der Waals surface area contributed by atoms with Gasteiger partial charge in [0, 0.05) is 18.9 Å². The molecule has 1 rings (SSSR count). The highest BCUT2D eigenvalue weighted by Crippen LogP contribution is 2.23. The molecule has 2 N–H and O–H groups in total. The van der Waals surface area contributed by atoms with E-state index < -0.39 is 40.4 Å². The maximum absolute atomic E-state index is 12.1. The molecule has 11 nitrogen and oxygen atoms in total. The van der Waals surface area contributed by atoms with Crippen molar-refractivity contribution in [1.29, 1.82) is 0 Å². The molecule has 0 aromatic carbocycles. The first kappa shape index (κ1) is 28.1. The first-order valence-electron chi connectivity index (χ1n) is 10.7. The van der Waals surface area contributed by atoms with Gasteiger partial charge >= 0.3 is 12.1 Å². The maximum atomic E-state index is 12.1. The molecule has 0 heterocycles. The summed E-state index contributed by atoms with van der Waals surface area (Å²) in [5.41, 5.74) is -1.26. The molecule has 1 saturated carbocycles. The van der Waals surface area contributed by atoms with Gasteiger partial charge in [-0.05, 0) is 32.1 Å². The molecule has 186 valence electrons. The third-order valence-corrected chi connectivity index (χ3v) is 6.15. The summed E-state index contributed by atoms with van der Waals surface area (Å²) >= 11 is 0. The molecule has 0 bridgehead atoms. The number of carbonyl (C=O) groups is 3. The molecule has 1 amide bonds. The van der Waals surface area contributed by atoms with Crippen LogP contribution in [-0.2, 0) is 38.1 Å². The number of nitrogens with one attached hydrogen (secondary N) is 1. The van der Waals surface area contributed by atoms with E-state index in [0.717, 1.165) is 32.1 Å². The van der Waals surface area contributed by atoms with Crippen LogP contribution in [0.25, 0.3) is 0 Å². The van der Waals surface area contributed by atoms with E-state index in [2.05, 4.69) is 5.32 Å². The lowest BCUT2D eigenvalue weighted by atomic mass is 9.88. The van der Waals surface area contributed by atoms with E-state index in [-0.39, 0.29) is 43.9 Å². The van der Waals surface area contributed by atoms with Gasteiger partial charge in [0.1, 0.15) is 19.3 Å². The minimum atomic E-state index is -3.90. The van der Waals surface area contributed by atoms with Crippen molar-refractivity contribution in [2.45, 2.75) is 71.5 Å². The summed E-state index contributed by atoms with van der Waals surface area (Å²) in [6.07, 6.45) is 2.27. The smallest absolute Gasteiger partial charge is 0.460 e. The minimum absolute atomic E-state index is 0.150. The molecule has 0 saturated heterocycles. The van der Waals surface area contributed by atoms with E-state index in [0.29, 0.717) is 0 Å². The Hall–Kier alpha value is -1.92. The fraction of sp³-hybridized carbons (Fsp3) is 0.850. The van der Waals surface area contributed by atoms with Crippen LogP contribution in [0.5, 0.6) is 0 Å². The monoisotopic (exact) mass is 481 g/mol. The van der Waals surface area contributed by atoms with E-state index in [9.17, 15) is 27.9 Å². The molecular formula is C20H35NO10S. The Kier molecular flexibility index (Phi) is 11.9. The van der Waals surface area contributed by atoms with Crippen LogP contribution >= 0.6 is 0 Å². The summed E-state index contributed by atoms with van der Waals surface area (Å²) in [6.45, 7) is 3.44. The van der Waals surface area contributed by atoms with Crippen molar-refractivity contribution in [1.82, 2.24) is 5.32 Å². The third kappa shape index (κ3) is 11.6. The summed E-state index contributed by atoms with van der Waals surface area (Å²) in [4.78, 5) is 34.5. The number of aliphatic hydroxyl groups excluding tert-OH is 1. The first-order chi connectivity index (χ1) is 14.9. The number of esters is 1. The number of amides is 1. The number of aliphatic hydroxyl groups is 1. The molecule has 12 heteroatoms. The molecule has 1 fully saturated rings. The second kappa shape index (κ2) is 13.6. The Morgan fingerprint density at radius 1 is 1.09 bits per heavy atom. The van der Waals surface area contributed by atoms with Crippen LogP contribution in [0.2, 0.25) is 0 Å². The van der Waals surface area contributed by atoms with Crippen molar-refractivity contribution < 1.29 is 46.3 Å². The predicted molar refractivity (Wildman–Crippen MR) is 113 cm³/mol. The molecule has 0 radical (unpaired) electrons.